The summed E-state index contributed by atoms with van der Waals surface area (Å²) in [6, 6.07) is 9.44. The van der Waals surface area contributed by atoms with E-state index in [4.69, 9.17) is 16.3 Å². The fourth-order valence-electron chi connectivity index (χ4n) is 3.57. The minimum Gasteiger partial charge on any atom is -0.381 e. The number of sulfonamides is 1. The number of rotatable bonds is 5. The van der Waals surface area contributed by atoms with Crippen molar-refractivity contribution in [3.63, 3.8) is 0 Å². The molecule has 0 saturated carbocycles. The van der Waals surface area contributed by atoms with Gasteiger partial charge >= 0.3 is 0 Å². The third-order valence-electron chi connectivity index (χ3n) is 5.36. The van der Waals surface area contributed by atoms with Crippen molar-refractivity contribution < 1.29 is 17.5 Å². The van der Waals surface area contributed by atoms with Gasteiger partial charge in [-0.15, -0.1) is 0 Å². The number of hydrogen-bond donors (Lipinski definition) is 1. The van der Waals surface area contributed by atoms with Gasteiger partial charge in [0.25, 0.3) is 0 Å². The molecule has 3 aromatic rings. The normalized spacial score (nSPS) is 16.0. The van der Waals surface area contributed by atoms with Crippen LogP contribution in [0.25, 0.3) is 22.6 Å². The molecule has 0 spiro atoms. The van der Waals surface area contributed by atoms with Gasteiger partial charge in [-0.05, 0) is 65.2 Å². The quantitative estimate of drug-likeness (QED) is 0.500. The molecule has 1 aromatic heterocycles. The number of ether oxygens (including phenoxy) is 1. The molecular weight excluding hydrogens is 509 g/mol. The van der Waals surface area contributed by atoms with E-state index in [1.807, 2.05) is 0 Å². The highest BCUT2D eigenvalue weighted by Gasteiger charge is 2.31. The van der Waals surface area contributed by atoms with Gasteiger partial charge < -0.3 is 9.72 Å². The van der Waals surface area contributed by atoms with Crippen molar-refractivity contribution in [3.05, 3.63) is 57.9 Å². The summed E-state index contributed by atoms with van der Waals surface area (Å²) in [6.45, 7) is 0.761. The minimum absolute atomic E-state index is 0.0463. The zero-order valence-corrected chi connectivity index (χ0v) is 19.8. The number of nitrogens with zero attached hydrogens (tertiary/aromatic N) is 2. The average Bonchev–Trinajstić information content (AvgIpc) is 3.26. The molecule has 0 aliphatic carbocycles. The lowest BCUT2D eigenvalue weighted by Gasteiger charge is -2.30. The summed E-state index contributed by atoms with van der Waals surface area (Å²) in [5.41, 5.74) is 2.01. The first-order valence-electron chi connectivity index (χ1n) is 9.63. The van der Waals surface area contributed by atoms with Crippen molar-refractivity contribution in [2.45, 2.75) is 23.8 Å². The van der Waals surface area contributed by atoms with Crippen molar-refractivity contribution in [2.24, 2.45) is 0 Å². The van der Waals surface area contributed by atoms with E-state index in [2.05, 4.69) is 25.9 Å². The van der Waals surface area contributed by atoms with Crippen LogP contribution < -0.4 is 0 Å². The van der Waals surface area contributed by atoms with Crippen LogP contribution in [0.3, 0.4) is 0 Å². The average molecular weight is 529 g/mol. The maximum Gasteiger partial charge on any atom is 0.244 e. The van der Waals surface area contributed by atoms with E-state index >= 15 is 0 Å². The lowest BCUT2D eigenvalue weighted by atomic mass is 10.1. The second-order valence-corrected chi connectivity index (χ2v) is 10.4. The van der Waals surface area contributed by atoms with E-state index in [1.54, 1.807) is 37.6 Å². The van der Waals surface area contributed by atoms with Crippen molar-refractivity contribution in [1.29, 1.82) is 0 Å². The predicted octanol–water partition coefficient (Wildman–Crippen LogP) is 5.10. The molecule has 2 aromatic carbocycles. The summed E-state index contributed by atoms with van der Waals surface area (Å²) < 4.78 is 47.1. The van der Waals surface area contributed by atoms with Gasteiger partial charge in [0.1, 0.15) is 16.5 Å². The summed E-state index contributed by atoms with van der Waals surface area (Å²) in [4.78, 5) is 7.58. The molecule has 1 aliphatic rings. The Bertz CT molecular complexity index is 1210. The molecule has 0 bridgehead atoms. The number of hydrogen-bond acceptors (Lipinski definition) is 4. The third kappa shape index (κ3) is 4.56. The molecule has 0 atom stereocenters. The van der Waals surface area contributed by atoms with Crippen LogP contribution in [0.5, 0.6) is 0 Å². The molecular formula is C21H20BrClFN3O3S. The van der Waals surface area contributed by atoms with Crippen LogP contribution in [0.2, 0.25) is 5.02 Å². The van der Waals surface area contributed by atoms with Crippen LogP contribution in [0.1, 0.15) is 12.8 Å². The number of H-pyrrole nitrogens is 1. The second-order valence-electron chi connectivity index (χ2n) is 7.26. The monoisotopic (exact) mass is 527 g/mol. The van der Waals surface area contributed by atoms with Crippen LogP contribution in [0.15, 0.2) is 52.0 Å². The molecule has 2 heterocycles. The van der Waals surface area contributed by atoms with Gasteiger partial charge in [0.05, 0.1) is 27.5 Å². The number of aromatic amines is 1. The van der Waals surface area contributed by atoms with Gasteiger partial charge in [0.15, 0.2) is 0 Å². The smallest absolute Gasteiger partial charge is 0.244 e. The first-order valence-corrected chi connectivity index (χ1v) is 12.2. The minimum atomic E-state index is -3.75. The Labute approximate surface area is 193 Å². The van der Waals surface area contributed by atoms with Crippen molar-refractivity contribution in [2.75, 3.05) is 20.2 Å². The molecule has 0 amide bonds. The first kappa shape index (κ1) is 22.4. The highest BCUT2D eigenvalue weighted by molar-refractivity contribution is 9.10. The topological polar surface area (TPSA) is 75.3 Å². The molecule has 1 aliphatic heterocycles. The summed E-state index contributed by atoms with van der Waals surface area (Å²) in [6.07, 6.45) is 2.97. The zero-order valence-electron chi connectivity index (χ0n) is 16.6. The lowest BCUT2D eigenvalue weighted by molar-refractivity contribution is 0.0604. The third-order valence-corrected chi connectivity index (χ3v) is 8.35. The Morgan fingerprint density at radius 3 is 2.58 bits per heavy atom. The number of benzene rings is 2. The van der Waals surface area contributed by atoms with Crippen LogP contribution in [0, 0.1) is 5.82 Å². The fourth-order valence-corrected chi connectivity index (χ4v) is 5.92. The summed E-state index contributed by atoms with van der Waals surface area (Å²) >= 11 is 9.45. The highest BCUT2D eigenvalue weighted by atomic mass is 79.9. The van der Waals surface area contributed by atoms with Crippen LogP contribution in [0.4, 0.5) is 4.39 Å². The molecule has 6 nitrogen and oxygen atoms in total. The Kier molecular flexibility index (Phi) is 6.50. The Morgan fingerprint density at radius 1 is 1.19 bits per heavy atom. The van der Waals surface area contributed by atoms with Crippen molar-refractivity contribution in [1.82, 2.24) is 14.3 Å². The zero-order chi connectivity index (χ0) is 22.2. The van der Waals surface area contributed by atoms with E-state index < -0.39 is 10.0 Å². The Balaban J connectivity index is 1.64. The van der Waals surface area contributed by atoms with Crippen LogP contribution in [-0.4, -0.2) is 49.0 Å². The van der Waals surface area contributed by atoms with Crippen molar-refractivity contribution >= 4 is 37.6 Å². The maximum atomic E-state index is 13.5. The molecule has 10 heteroatoms. The Hall–Kier alpha value is -1.78. The van der Waals surface area contributed by atoms with Gasteiger partial charge in [0.2, 0.25) is 10.0 Å². The number of imidazole rings is 1. The van der Waals surface area contributed by atoms with Crippen LogP contribution in [-0.2, 0) is 14.8 Å². The first-order chi connectivity index (χ1) is 14.8. The molecule has 1 fully saturated rings. The summed E-state index contributed by atoms with van der Waals surface area (Å²) in [7, 11) is -2.12. The SMILES string of the molecule is COC1CCN(S(=O)(=O)c2cc(-c3ncc(-c4ccc(F)c(Br)c4)[nH]3)ccc2Cl)CC1. The number of halogens is 3. The number of nitrogens with one attached hydrogen (secondary N) is 1. The van der Waals surface area contributed by atoms with E-state index in [0.717, 1.165) is 5.56 Å². The standard InChI is InChI=1S/C21H20BrClFN3O3S/c1-30-15-6-8-27(9-7-15)31(28,29)20-11-14(2-4-17(20)23)21-25-12-19(26-21)13-3-5-18(24)16(22)10-13/h2-5,10-12,15H,6-9H2,1H3,(H,25,26). The van der Waals surface area contributed by atoms with Gasteiger partial charge in [-0.3, -0.25) is 0 Å². The highest BCUT2D eigenvalue weighted by Crippen LogP contribution is 2.32. The largest absolute Gasteiger partial charge is 0.381 e. The number of piperidine rings is 1. The van der Waals surface area contributed by atoms with Crippen LogP contribution >= 0.6 is 27.5 Å². The van der Waals surface area contributed by atoms with Gasteiger partial charge in [-0.2, -0.15) is 4.31 Å². The molecule has 31 heavy (non-hydrogen) atoms. The summed E-state index contributed by atoms with van der Waals surface area (Å²) in [5.74, 6) is 0.132. The van der Waals surface area contributed by atoms with Crippen molar-refractivity contribution in [3.8, 4) is 22.6 Å². The van der Waals surface area contributed by atoms with Gasteiger partial charge in [0, 0.05) is 31.3 Å². The Morgan fingerprint density at radius 2 is 1.90 bits per heavy atom. The maximum absolute atomic E-state index is 13.5. The molecule has 0 radical (unpaired) electrons. The molecule has 4 rings (SSSR count). The van der Waals surface area contributed by atoms with Gasteiger partial charge in [-0.25, -0.2) is 17.8 Å². The lowest BCUT2D eigenvalue weighted by Crippen LogP contribution is -2.40. The second kappa shape index (κ2) is 8.99. The molecule has 1 N–H and O–H groups in total. The van der Waals surface area contributed by atoms with E-state index in [-0.39, 0.29) is 21.8 Å². The number of methoxy groups -OCH3 is 1. The molecule has 1 saturated heterocycles. The molecule has 164 valence electrons. The number of aromatic nitrogens is 2. The summed E-state index contributed by atoms with van der Waals surface area (Å²) in [5, 5.41) is 0.159. The predicted molar refractivity (Wildman–Crippen MR) is 121 cm³/mol. The van der Waals surface area contributed by atoms with Gasteiger partial charge in [-0.1, -0.05) is 11.6 Å². The van der Waals surface area contributed by atoms with E-state index in [9.17, 15) is 12.8 Å². The van der Waals surface area contributed by atoms with E-state index in [1.165, 1.54) is 16.4 Å². The molecule has 0 unspecified atom stereocenters. The van der Waals surface area contributed by atoms with E-state index in [0.29, 0.717) is 47.5 Å². The fraction of sp³-hybridized carbons (Fsp3) is 0.286.